The highest BCUT2D eigenvalue weighted by Crippen LogP contribution is 2.27. The van der Waals surface area contributed by atoms with Gasteiger partial charge in [0.25, 0.3) is 0 Å². The van der Waals surface area contributed by atoms with Crippen molar-refractivity contribution >= 4 is 6.09 Å². The summed E-state index contributed by atoms with van der Waals surface area (Å²) in [5.74, 6) is 2.68. The van der Waals surface area contributed by atoms with E-state index in [1.807, 2.05) is 20.8 Å². The molecule has 0 aliphatic heterocycles. The Bertz CT molecular complexity index is 491. The third-order valence-corrected chi connectivity index (χ3v) is 3.11. The Labute approximate surface area is 115 Å². The first kappa shape index (κ1) is 15.1. The highest BCUT2D eigenvalue weighted by Gasteiger charge is 2.23. The zero-order valence-electron chi connectivity index (χ0n) is 12.3. The molecule has 1 rings (SSSR count). The standard InChI is InChI=1S/C16H21NO2/c1-7-14(17(6)16(18)19-8-2)15-12(4)9-11(3)10-13(15)5/h1,9-10,14H,8H2,2-6H3. The molecule has 1 aromatic rings. The number of benzene rings is 1. The van der Waals surface area contributed by atoms with Crippen LogP contribution in [0.4, 0.5) is 4.79 Å². The van der Waals surface area contributed by atoms with Crippen LogP contribution in [0, 0.1) is 33.1 Å². The lowest BCUT2D eigenvalue weighted by Crippen LogP contribution is -2.32. The van der Waals surface area contributed by atoms with Crippen LogP contribution in [0.25, 0.3) is 0 Å². The quantitative estimate of drug-likeness (QED) is 0.779. The van der Waals surface area contributed by atoms with Crippen LogP contribution in [0.3, 0.4) is 0 Å². The van der Waals surface area contributed by atoms with Crippen molar-refractivity contribution in [3.8, 4) is 12.3 Å². The van der Waals surface area contributed by atoms with E-state index in [4.69, 9.17) is 11.2 Å². The molecule has 0 N–H and O–H groups in total. The Morgan fingerprint density at radius 1 is 1.37 bits per heavy atom. The maximum absolute atomic E-state index is 11.8. The van der Waals surface area contributed by atoms with Gasteiger partial charge in [0.15, 0.2) is 0 Å². The average Bonchev–Trinajstić information content (AvgIpc) is 2.33. The monoisotopic (exact) mass is 259 g/mol. The molecule has 3 heteroatoms. The van der Waals surface area contributed by atoms with Gasteiger partial charge in [0.1, 0.15) is 6.04 Å². The summed E-state index contributed by atoms with van der Waals surface area (Å²) in [6.45, 7) is 8.19. The minimum atomic E-state index is -0.403. The maximum atomic E-state index is 11.8. The van der Waals surface area contributed by atoms with Gasteiger partial charge in [-0.25, -0.2) is 4.79 Å². The number of nitrogens with zero attached hydrogens (tertiary/aromatic N) is 1. The molecule has 19 heavy (non-hydrogen) atoms. The van der Waals surface area contributed by atoms with Crippen LogP contribution in [0.15, 0.2) is 12.1 Å². The normalized spacial score (nSPS) is 11.6. The molecule has 1 unspecified atom stereocenters. The summed E-state index contributed by atoms with van der Waals surface area (Å²) >= 11 is 0. The number of hydrogen-bond acceptors (Lipinski definition) is 2. The molecular weight excluding hydrogens is 238 g/mol. The van der Waals surface area contributed by atoms with Gasteiger partial charge in [-0.3, -0.25) is 4.90 Å². The van der Waals surface area contributed by atoms with Crippen molar-refractivity contribution in [1.82, 2.24) is 4.90 Å². The van der Waals surface area contributed by atoms with Gasteiger partial charge >= 0.3 is 6.09 Å². The molecule has 0 saturated carbocycles. The van der Waals surface area contributed by atoms with Crippen molar-refractivity contribution in [1.29, 1.82) is 0 Å². The zero-order valence-corrected chi connectivity index (χ0v) is 12.3. The van der Waals surface area contributed by atoms with Crippen LogP contribution < -0.4 is 0 Å². The summed E-state index contributed by atoms with van der Waals surface area (Å²) in [4.78, 5) is 13.3. The number of amides is 1. The van der Waals surface area contributed by atoms with Gasteiger partial charge in [-0.2, -0.15) is 0 Å². The highest BCUT2D eigenvalue weighted by molar-refractivity contribution is 5.69. The van der Waals surface area contributed by atoms with Crippen molar-refractivity contribution in [2.24, 2.45) is 0 Å². The fourth-order valence-corrected chi connectivity index (χ4v) is 2.34. The van der Waals surface area contributed by atoms with Crippen molar-refractivity contribution in [2.75, 3.05) is 13.7 Å². The molecule has 0 fully saturated rings. The van der Waals surface area contributed by atoms with Gasteiger partial charge in [-0.05, 0) is 44.4 Å². The van der Waals surface area contributed by atoms with Crippen molar-refractivity contribution in [3.05, 3.63) is 34.4 Å². The van der Waals surface area contributed by atoms with Crippen LogP contribution in [0.1, 0.15) is 35.2 Å². The lowest BCUT2D eigenvalue weighted by Gasteiger charge is -2.26. The number of rotatable bonds is 3. The van der Waals surface area contributed by atoms with E-state index in [1.54, 1.807) is 14.0 Å². The summed E-state index contributed by atoms with van der Waals surface area (Å²) in [5, 5.41) is 0. The van der Waals surface area contributed by atoms with Crippen molar-refractivity contribution in [3.63, 3.8) is 0 Å². The maximum Gasteiger partial charge on any atom is 0.410 e. The Morgan fingerprint density at radius 2 is 1.89 bits per heavy atom. The molecular formula is C16H21NO2. The third kappa shape index (κ3) is 3.29. The molecule has 102 valence electrons. The van der Waals surface area contributed by atoms with E-state index >= 15 is 0 Å². The van der Waals surface area contributed by atoms with Crippen LogP contribution in [0.2, 0.25) is 0 Å². The molecule has 0 radical (unpaired) electrons. The van der Waals surface area contributed by atoms with Gasteiger partial charge < -0.3 is 4.74 Å². The molecule has 0 saturated heterocycles. The molecule has 0 aliphatic rings. The minimum Gasteiger partial charge on any atom is -0.450 e. The van der Waals surface area contributed by atoms with Gasteiger partial charge in [-0.1, -0.05) is 23.6 Å². The van der Waals surface area contributed by atoms with Gasteiger partial charge in [0.05, 0.1) is 6.61 Å². The van der Waals surface area contributed by atoms with Crippen LogP contribution in [0.5, 0.6) is 0 Å². The molecule has 3 nitrogen and oxygen atoms in total. The predicted molar refractivity (Wildman–Crippen MR) is 77.0 cm³/mol. The Hall–Kier alpha value is -1.95. The molecule has 0 heterocycles. The first-order valence-electron chi connectivity index (χ1n) is 6.35. The van der Waals surface area contributed by atoms with E-state index in [-0.39, 0.29) is 0 Å². The third-order valence-electron chi connectivity index (χ3n) is 3.11. The summed E-state index contributed by atoms with van der Waals surface area (Å²) in [6.07, 6.45) is 5.22. The van der Waals surface area contributed by atoms with E-state index in [0.29, 0.717) is 6.61 Å². The Kier molecular flexibility index (Phi) is 5.00. The second-order valence-electron chi connectivity index (χ2n) is 4.69. The lowest BCUT2D eigenvalue weighted by atomic mass is 9.94. The summed E-state index contributed by atoms with van der Waals surface area (Å²) in [6, 6.07) is 3.75. The lowest BCUT2D eigenvalue weighted by molar-refractivity contribution is 0.109. The largest absolute Gasteiger partial charge is 0.450 e. The van der Waals surface area contributed by atoms with E-state index in [1.165, 1.54) is 10.5 Å². The van der Waals surface area contributed by atoms with Crippen molar-refractivity contribution < 1.29 is 9.53 Å². The number of ether oxygens (including phenoxy) is 1. The summed E-state index contributed by atoms with van der Waals surface area (Å²) in [5.41, 5.74) is 4.38. The Morgan fingerprint density at radius 3 is 2.32 bits per heavy atom. The van der Waals surface area contributed by atoms with E-state index in [2.05, 4.69) is 18.1 Å². The van der Waals surface area contributed by atoms with Crippen LogP contribution in [-0.4, -0.2) is 24.6 Å². The Balaban J connectivity index is 3.18. The second kappa shape index (κ2) is 6.29. The fraction of sp³-hybridized carbons (Fsp3) is 0.438. The molecule has 0 spiro atoms. The molecule has 0 aromatic heterocycles. The zero-order chi connectivity index (χ0) is 14.6. The number of aryl methyl sites for hydroxylation is 3. The van der Waals surface area contributed by atoms with Gasteiger partial charge in [-0.15, -0.1) is 6.42 Å². The summed E-state index contributed by atoms with van der Waals surface area (Å²) in [7, 11) is 1.67. The van der Waals surface area contributed by atoms with E-state index in [0.717, 1.165) is 16.7 Å². The highest BCUT2D eigenvalue weighted by atomic mass is 16.6. The van der Waals surface area contributed by atoms with Crippen molar-refractivity contribution in [2.45, 2.75) is 33.7 Å². The molecule has 0 aliphatic carbocycles. The van der Waals surface area contributed by atoms with Gasteiger partial charge in [0.2, 0.25) is 0 Å². The fourth-order valence-electron chi connectivity index (χ4n) is 2.34. The van der Waals surface area contributed by atoms with E-state index < -0.39 is 12.1 Å². The summed E-state index contributed by atoms with van der Waals surface area (Å²) < 4.78 is 5.00. The average molecular weight is 259 g/mol. The molecule has 0 bridgehead atoms. The smallest absolute Gasteiger partial charge is 0.410 e. The molecule has 1 atom stereocenters. The number of terminal acetylenes is 1. The topological polar surface area (TPSA) is 29.5 Å². The number of hydrogen-bond donors (Lipinski definition) is 0. The first-order chi connectivity index (χ1) is 8.92. The minimum absolute atomic E-state index is 0.340. The van der Waals surface area contributed by atoms with Crippen LogP contribution >= 0.6 is 0 Å². The first-order valence-corrected chi connectivity index (χ1v) is 6.35. The number of carbonyl (C=O) groups is 1. The second-order valence-corrected chi connectivity index (χ2v) is 4.69. The van der Waals surface area contributed by atoms with Crippen LogP contribution in [-0.2, 0) is 4.74 Å². The van der Waals surface area contributed by atoms with Gasteiger partial charge in [0, 0.05) is 7.05 Å². The predicted octanol–water partition coefficient (Wildman–Crippen LogP) is 3.37. The molecule has 1 aromatic carbocycles. The van der Waals surface area contributed by atoms with E-state index in [9.17, 15) is 4.79 Å². The SMILES string of the molecule is C#CC(c1c(C)cc(C)cc1C)N(C)C(=O)OCC. The number of carbonyl (C=O) groups excluding carboxylic acids is 1. The molecule has 1 amide bonds.